The Balaban J connectivity index is 1.67. The van der Waals surface area contributed by atoms with Crippen LogP contribution in [0.5, 0.6) is 0 Å². The van der Waals surface area contributed by atoms with Gasteiger partial charge in [-0.25, -0.2) is 0 Å². The molecular formula is C19H38O2. The molecular weight excluding hydrogens is 260 g/mol. The topological polar surface area (TPSA) is 21.8 Å². The zero-order valence-corrected chi connectivity index (χ0v) is 14.6. The van der Waals surface area contributed by atoms with Gasteiger partial charge in [0, 0.05) is 13.5 Å². The van der Waals surface area contributed by atoms with Gasteiger partial charge in [0.1, 0.15) is 6.61 Å². The SMILES string of the molecule is CCCCCCCCCCCCCCCCC1(OC)CO1. The molecule has 0 bridgehead atoms. The number of hydrogen-bond acceptors (Lipinski definition) is 2. The van der Waals surface area contributed by atoms with E-state index in [-0.39, 0.29) is 5.79 Å². The summed E-state index contributed by atoms with van der Waals surface area (Å²) in [5.41, 5.74) is 0. The monoisotopic (exact) mass is 298 g/mol. The third-order valence-electron chi connectivity index (χ3n) is 4.75. The minimum atomic E-state index is -0.170. The van der Waals surface area contributed by atoms with Gasteiger partial charge in [-0.3, -0.25) is 0 Å². The lowest BCUT2D eigenvalue weighted by molar-refractivity contribution is -0.0177. The van der Waals surface area contributed by atoms with Gasteiger partial charge in [-0.15, -0.1) is 0 Å². The van der Waals surface area contributed by atoms with Crippen molar-refractivity contribution in [1.82, 2.24) is 0 Å². The van der Waals surface area contributed by atoms with Gasteiger partial charge in [-0.05, 0) is 6.42 Å². The quantitative estimate of drug-likeness (QED) is 0.249. The van der Waals surface area contributed by atoms with Crippen LogP contribution in [0, 0.1) is 0 Å². The van der Waals surface area contributed by atoms with Crippen molar-refractivity contribution >= 4 is 0 Å². The average Bonchev–Trinajstić information content (AvgIpc) is 3.28. The summed E-state index contributed by atoms with van der Waals surface area (Å²) in [6, 6.07) is 0. The van der Waals surface area contributed by atoms with Crippen molar-refractivity contribution in [3.63, 3.8) is 0 Å². The molecule has 0 aromatic heterocycles. The van der Waals surface area contributed by atoms with E-state index >= 15 is 0 Å². The summed E-state index contributed by atoms with van der Waals surface area (Å²) in [5, 5.41) is 0. The smallest absolute Gasteiger partial charge is 0.191 e. The Morgan fingerprint density at radius 2 is 1.10 bits per heavy atom. The van der Waals surface area contributed by atoms with Gasteiger partial charge in [-0.1, -0.05) is 90.4 Å². The van der Waals surface area contributed by atoms with Crippen LogP contribution in [0.4, 0.5) is 0 Å². The minimum absolute atomic E-state index is 0.170. The highest BCUT2D eigenvalue weighted by molar-refractivity contribution is 4.80. The molecule has 1 aliphatic rings. The Bertz CT molecular complexity index is 224. The fraction of sp³-hybridized carbons (Fsp3) is 1.00. The molecule has 1 fully saturated rings. The van der Waals surface area contributed by atoms with Crippen LogP contribution < -0.4 is 0 Å². The maximum atomic E-state index is 5.34. The zero-order valence-electron chi connectivity index (χ0n) is 14.6. The number of unbranched alkanes of at least 4 members (excludes halogenated alkanes) is 13. The minimum Gasteiger partial charge on any atom is -0.351 e. The van der Waals surface area contributed by atoms with E-state index in [0.29, 0.717) is 0 Å². The highest BCUT2D eigenvalue weighted by Crippen LogP contribution is 2.33. The number of hydrogen-bond donors (Lipinski definition) is 0. The first-order chi connectivity index (χ1) is 10.3. The van der Waals surface area contributed by atoms with Crippen molar-refractivity contribution in [2.75, 3.05) is 13.7 Å². The van der Waals surface area contributed by atoms with Gasteiger partial charge in [-0.2, -0.15) is 0 Å². The molecule has 1 rings (SSSR count). The van der Waals surface area contributed by atoms with Crippen LogP contribution in [0.3, 0.4) is 0 Å². The van der Waals surface area contributed by atoms with E-state index in [4.69, 9.17) is 9.47 Å². The van der Waals surface area contributed by atoms with Gasteiger partial charge in [0.2, 0.25) is 0 Å². The summed E-state index contributed by atoms with van der Waals surface area (Å²) in [5.74, 6) is -0.170. The van der Waals surface area contributed by atoms with Crippen LogP contribution >= 0.6 is 0 Å². The van der Waals surface area contributed by atoms with Gasteiger partial charge in [0.15, 0.2) is 5.79 Å². The third-order valence-corrected chi connectivity index (χ3v) is 4.75. The molecule has 0 N–H and O–H groups in total. The lowest BCUT2D eigenvalue weighted by atomic mass is 10.0. The predicted octanol–water partition coefficient (Wildman–Crippen LogP) is 6.23. The normalized spacial score (nSPS) is 20.9. The second kappa shape index (κ2) is 12.5. The van der Waals surface area contributed by atoms with Crippen molar-refractivity contribution < 1.29 is 9.47 Å². The second-order valence-electron chi connectivity index (χ2n) is 6.75. The molecule has 126 valence electrons. The number of epoxide rings is 1. The zero-order chi connectivity index (χ0) is 15.2. The van der Waals surface area contributed by atoms with Gasteiger partial charge in [0.25, 0.3) is 0 Å². The molecule has 1 unspecified atom stereocenters. The number of ether oxygens (including phenoxy) is 2. The van der Waals surface area contributed by atoms with Crippen LogP contribution in [0.1, 0.15) is 103 Å². The van der Waals surface area contributed by atoms with E-state index in [2.05, 4.69) is 6.92 Å². The molecule has 0 aromatic carbocycles. The maximum absolute atomic E-state index is 5.34. The van der Waals surface area contributed by atoms with Crippen molar-refractivity contribution in [3.05, 3.63) is 0 Å². The fourth-order valence-corrected chi connectivity index (χ4v) is 3.03. The van der Waals surface area contributed by atoms with Crippen LogP contribution in [0.25, 0.3) is 0 Å². The van der Waals surface area contributed by atoms with Crippen LogP contribution in [0.2, 0.25) is 0 Å². The van der Waals surface area contributed by atoms with Gasteiger partial charge >= 0.3 is 0 Å². The molecule has 1 aliphatic heterocycles. The Morgan fingerprint density at radius 3 is 1.43 bits per heavy atom. The largest absolute Gasteiger partial charge is 0.351 e. The Morgan fingerprint density at radius 1 is 0.714 bits per heavy atom. The first-order valence-corrected chi connectivity index (χ1v) is 9.52. The molecule has 0 saturated carbocycles. The Hall–Kier alpha value is -0.0800. The predicted molar refractivity (Wildman–Crippen MR) is 90.6 cm³/mol. The molecule has 1 atom stereocenters. The van der Waals surface area contributed by atoms with E-state index in [9.17, 15) is 0 Å². The summed E-state index contributed by atoms with van der Waals surface area (Å²) < 4.78 is 10.7. The average molecular weight is 299 g/mol. The van der Waals surface area contributed by atoms with Crippen molar-refractivity contribution in [3.8, 4) is 0 Å². The van der Waals surface area contributed by atoms with E-state index in [1.807, 2.05) is 0 Å². The second-order valence-corrected chi connectivity index (χ2v) is 6.75. The maximum Gasteiger partial charge on any atom is 0.191 e. The molecule has 0 spiro atoms. The van der Waals surface area contributed by atoms with E-state index in [1.54, 1.807) is 7.11 Å². The molecule has 0 amide bonds. The van der Waals surface area contributed by atoms with E-state index < -0.39 is 0 Å². The number of methoxy groups -OCH3 is 1. The summed E-state index contributed by atoms with van der Waals surface area (Å²) in [6.45, 7) is 3.09. The first kappa shape index (κ1) is 19.0. The van der Waals surface area contributed by atoms with E-state index in [0.717, 1.165) is 13.0 Å². The number of rotatable bonds is 16. The first-order valence-electron chi connectivity index (χ1n) is 9.52. The summed E-state index contributed by atoms with van der Waals surface area (Å²) >= 11 is 0. The molecule has 1 saturated heterocycles. The lowest BCUT2D eigenvalue weighted by Gasteiger charge is -2.08. The van der Waals surface area contributed by atoms with Crippen LogP contribution in [-0.4, -0.2) is 19.5 Å². The molecule has 2 heteroatoms. The highest BCUT2D eigenvalue weighted by Gasteiger charge is 2.44. The van der Waals surface area contributed by atoms with Crippen molar-refractivity contribution in [1.29, 1.82) is 0 Å². The third kappa shape index (κ3) is 10.3. The summed E-state index contributed by atoms with van der Waals surface area (Å²) in [4.78, 5) is 0. The van der Waals surface area contributed by atoms with Crippen LogP contribution in [0.15, 0.2) is 0 Å². The van der Waals surface area contributed by atoms with Crippen molar-refractivity contribution in [2.24, 2.45) is 0 Å². The molecule has 21 heavy (non-hydrogen) atoms. The lowest BCUT2D eigenvalue weighted by Crippen LogP contribution is -2.12. The summed E-state index contributed by atoms with van der Waals surface area (Å²) in [7, 11) is 1.76. The molecule has 1 heterocycles. The summed E-state index contributed by atoms with van der Waals surface area (Å²) in [6.07, 6.45) is 20.9. The van der Waals surface area contributed by atoms with Gasteiger partial charge < -0.3 is 9.47 Å². The highest BCUT2D eigenvalue weighted by atomic mass is 16.8. The molecule has 2 nitrogen and oxygen atoms in total. The van der Waals surface area contributed by atoms with E-state index in [1.165, 1.54) is 89.9 Å². The molecule has 0 radical (unpaired) electrons. The molecule has 0 aliphatic carbocycles. The van der Waals surface area contributed by atoms with Crippen molar-refractivity contribution in [2.45, 2.75) is 109 Å². The van der Waals surface area contributed by atoms with Crippen LogP contribution in [-0.2, 0) is 9.47 Å². The molecule has 0 aromatic rings. The Labute approximate surface area is 133 Å². The fourth-order valence-electron chi connectivity index (χ4n) is 3.03. The Kier molecular flexibility index (Phi) is 11.3. The standard InChI is InChI=1S/C19H38O2/c1-3-4-5-6-7-8-9-10-11-12-13-14-15-16-17-19(20-2)18-21-19/h3-18H2,1-2H3. The van der Waals surface area contributed by atoms with Gasteiger partial charge in [0.05, 0.1) is 0 Å².